The van der Waals surface area contributed by atoms with Crippen LogP contribution in [0, 0.1) is 0 Å². The molecule has 1 atom stereocenters. The lowest BCUT2D eigenvalue weighted by Gasteiger charge is -2.13. The summed E-state index contributed by atoms with van der Waals surface area (Å²) in [5, 5.41) is 23.2. The number of nitrogens with one attached hydrogen (secondary N) is 1. The Kier molecular flexibility index (Phi) is 6.04. The third kappa shape index (κ3) is 4.79. The number of hydrogen-bond donors (Lipinski definition) is 2. The Balaban J connectivity index is 1.50. The summed E-state index contributed by atoms with van der Waals surface area (Å²) in [6, 6.07) is 10.7. The van der Waals surface area contributed by atoms with Crippen molar-refractivity contribution in [3.63, 3.8) is 0 Å². The highest BCUT2D eigenvalue weighted by atomic mass is 35.5. The topological polar surface area (TPSA) is 80.2 Å². The van der Waals surface area contributed by atoms with Crippen LogP contribution >= 0.6 is 34.5 Å². The Morgan fingerprint density at radius 3 is 2.84 bits per heavy atom. The summed E-state index contributed by atoms with van der Waals surface area (Å²) in [5.74, 6) is 0.432. The molecule has 0 saturated carbocycles. The molecule has 0 aliphatic rings. The van der Waals surface area contributed by atoms with E-state index in [1.165, 1.54) is 11.3 Å². The van der Waals surface area contributed by atoms with Gasteiger partial charge in [-0.1, -0.05) is 46.7 Å². The van der Waals surface area contributed by atoms with Gasteiger partial charge in [0.1, 0.15) is 29.2 Å². The van der Waals surface area contributed by atoms with Crippen molar-refractivity contribution < 1.29 is 9.84 Å². The molecule has 1 unspecified atom stereocenters. The summed E-state index contributed by atoms with van der Waals surface area (Å²) in [4.78, 5) is 4.22. The lowest BCUT2D eigenvalue weighted by atomic mass is 10.3. The fourth-order valence-corrected chi connectivity index (χ4v) is 3.01. The molecule has 0 aliphatic carbocycles. The molecule has 3 rings (SSSR count). The molecule has 0 aliphatic heterocycles. The summed E-state index contributed by atoms with van der Waals surface area (Å²) in [7, 11) is 0. The number of aliphatic hydroxyl groups excluding tert-OH is 1. The van der Waals surface area contributed by atoms with Gasteiger partial charge in [0.2, 0.25) is 5.13 Å². The van der Waals surface area contributed by atoms with Crippen molar-refractivity contribution in [2.45, 2.75) is 6.10 Å². The molecule has 2 aromatic heterocycles. The van der Waals surface area contributed by atoms with E-state index in [2.05, 4.69) is 20.5 Å². The van der Waals surface area contributed by atoms with Gasteiger partial charge in [-0.15, -0.1) is 10.2 Å². The van der Waals surface area contributed by atoms with E-state index < -0.39 is 6.10 Å². The average Bonchev–Trinajstić information content (AvgIpc) is 3.11. The minimum Gasteiger partial charge on any atom is -0.489 e. The number of anilines is 1. The van der Waals surface area contributed by atoms with Crippen molar-refractivity contribution in [1.82, 2.24) is 15.2 Å². The lowest BCUT2D eigenvalue weighted by molar-refractivity contribution is 0.117. The van der Waals surface area contributed by atoms with E-state index in [1.807, 2.05) is 18.2 Å². The van der Waals surface area contributed by atoms with Gasteiger partial charge in [-0.2, -0.15) is 0 Å². The number of hydrogen-bond acceptors (Lipinski definition) is 7. The van der Waals surface area contributed by atoms with Gasteiger partial charge >= 0.3 is 0 Å². The first-order chi connectivity index (χ1) is 12.1. The van der Waals surface area contributed by atoms with Crippen molar-refractivity contribution in [2.24, 2.45) is 0 Å². The van der Waals surface area contributed by atoms with Crippen LogP contribution in [-0.4, -0.2) is 39.5 Å². The largest absolute Gasteiger partial charge is 0.489 e. The van der Waals surface area contributed by atoms with Crippen molar-refractivity contribution in [2.75, 3.05) is 18.5 Å². The maximum absolute atomic E-state index is 10.0. The fourth-order valence-electron chi connectivity index (χ4n) is 1.93. The van der Waals surface area contributed by atoms with Gasteiger partial charge in [0.15, 0.2) is 5.01 Å². The van der Waals surface area contributed by atoms with Crippen LogP contribution in [0.25, 0.3) is 10.7 Å². The van der Waals surface area contributed by atoms with Crippen molar-refractivity contribution >= 4 is 39.7 Å². The molecule has 0 fully saturated rings. The molecule has 6 nitrogen and oxygen atoms in total. The van der Waals surface area contributed by atoms with Gasteiger partial charge in [0.25, 0.3) is 0 Å². The van der Waals surface area contributed by atoms with E-state index in [1.54, 1.807) is 24.4 Å². The number of aromatic nitrogens is 3. The maximum atomic E-state index is 10.0. The van der Waals surface area contributed by atoms with Crippen LogP contribution in [0.1, 0.15) is 0 Å². The number of pyridine rings is 1. The van der Waals surface area contributed by atoms with Crippen LogP contribution < -0.4 is 10.1 Å². The highest BCUT2D eigenvalue weighted by Crippen LogP contribution is 2.31. The molecule has 0 saturated heterocycles. The number of rotatable bonds is 7. The summed E-state index contributed by atoms with van der Waals surface area (Å²) < 4.78 is 5.49. The molecule has 130 valence electrons. The smallest absolute Gasteiger partial charge is 0.206 e. The normalized spacial score (nSPS) is 12.0. The number of nitrogens with zero attached hydrogens (tertiary/aromatic N) is 3. The SMILES string of the molecule is OC(CNc1nnc(-c2ccccn2)s1)COc1cccc(Cl)c1Cl. The Morgan fingerprint density at radius 1 is 1.16 bits per heavy atom. The molecule has 3 aromatic rings. The highest BCUT2D eigenvalue weighted by Gasteiger charge is 2.11. The van der Waals surface area contributed by atoms with Crippen molar-refractivity contribution in [3.8, 4) is 16.5 Å². The molecular formula is C16H14Cl2N4O2S. The van der Waals surface area contributed by atoms with Crippen LogP contribution in [0.15, 0.2) is 42.6 Å². The Labute approximate surface area is 158 Å². The Morgan fingerprint density at radius 2 is 2.04 bits per heavy atom. The van der Waals surface area contributed by atoms with Crippen LogP contribution in [0.2, 0.25) is 10.0 Å². The highest BCUT2D eigenvalue weighted by molar-refractivity contribution is 7.18. The molecule has 0 bridgehead atoms. The van der Waals surface area contributed by atoms with E-state index in [0.29, 0.717) is 25.9 Å². The molecule has 0 spiro atoms. The van der Waals surface area contributed by atoms with Gasteiger partial charge in [-0.05, 0) is 24.3 Å². The maximum Gasteiger partial charge on any atom is 0.206 e. The zero-order valence-corrected chi connectivity index (χ0v) is 15.2. The fraction of sp³-hybridized carbons (Fsp3) is 0.188. The van der Waals surface area contributed by atoms with Gasteiger partial charge in [-0.25, -0.2) is 0 Å². The first-order valence-corrected chi connectivity index (χ1v) is 8.94. The summed E-state index contributed by atoms with van der Waals surface area (Å²) in [5.41, 5.74) is 0.757. The second-order valence-corrected chi connectivity index (χ2v) is 6.79. The molecule has 0 radical (unpaired) electrons. The first kappa shape index (κ1) is 17.9. The molecule has 1 aromatic carbocycles. The van der Waals surface area contributed by atoms with E-state index in [0.717, 1.165) is 5.69 Å². The predicted molar refractivity (Wildman–Crippen MR) is 99.6 cm³/mol. The third-order valence-electron chi connectivity index (χ3n) is 3.15. The molecule has 0 amide bonds. The zero-order chi connectivity index (χ0) is 17.6. The molecule has 25 heavy (non-hydrogen) atoms. The zero-order valence-electron chi connectivity index (χ0n) is 12.9. The second kappa shape index (κ2) is 8.44. The molecule has 9 heteroatoms. The Bertz CT molecular complexity index is 832. The van der Waals surface area contributed by atoms with Gasteiger partial charge in [0.05, 0.1) is 5.02 Å². The standard InChI is InChI=1S/C16H14Cl2N4O2S/c17-11-4-3-6-13(14(11)18)24-9-10(23)8-20-16-22-21-15(25-16)12-5-1-2-7-19-12/h1-7,10,23H,8-9H2,(H,20,22). The van der Waals surface area contributed by atoms with E-state index in [4.69, 9.17) is 27.9 Å². The van der Waals surface area contributed by atoms with Crippen LogP contribution in [0.4, 0.5) is 5.13 Å². The van der Waals surface area contributed by atoms with Gasteiger partial charge < -0.3 is 15.2 Å². The van der Waals surface area contributed by atoms with Gasteiger partial charge in [-0.3, -0.25) is 4.98 Å². The molecule has 2 heterocycles. The monoisotopic (exact) mass is 396 g/mol. The van der Waals surface area contributed by atoms with Crippen molar-refractivity contribution in [3.05, 3.63) is 52.6 Å². The number of halogens is 2. The number of ether oxygens (including phenoxy) is 1. The first-order valence-electron chi connectivity index (χ1n) is 7.37. The predicted octanol–water partition coefficient (Wildman–Crippen LogP) is 3.76. The van der Waals surface area contributed by atoms with Crippen LogP contribution in [0.5, 0.6) is 5.75 Å². The summed E-state index contributed by atoms with van der Waals surface area (Å²) >= 11 is 13.3. The molecular weight excluding hydrogens is 383 g/mol. The minimum atomic E-state index is -0.753. The van der Waals surface area contributed by atoms with Crippen LogP contribution in [0.3, 0.4) is 0 Å². The lowest BCUT2D eigenvalue weighted by Crippen LogP contribution is -2.26. The van der Waals surface area contributed by atoms with Crippen molar-refractivity contribution in [1.29, 1.82) is 0 Å². The molecule has 2 N–H and O–H groups in total. The average molecular weight is 397 g/mol. The minimum absolute atomic E-state index is 0.0684. The van der Waals surface area contributed by atoms with E-state index in [-0.39, 0.29) is 13.2 Å². The van der Waals surface area contributed by atoms with Crippen LogP contribution in [-0.2, 0) is 0 Å². The number of benzene rings is 1. The summed E-state index contributed by atoms with van der Waals surface area (Å²) in [6.45, 7) is 0.327. The second-order valence-electron chi connectivity index (χ2n) is 5.03. The number of aliphatic hydroxyl groups is 1. The van der Waals surface area contributed by atoms with E-state index in [9.17, 15) is 5.11 Å². The summed E-state index contributed by atoms with van der Waals surface area (Å²) in [6.07, 6.45) is 0.948. The van der Waals surface area contributed by atoms with E-state index >= 15 is 0 Å². The Hall–Kier alpha value is -1.93. The third-order valence-corrected chi connectivity index (χ3v) is 4.85. The van der Waals surface area contributed by atoms with Gasteiger partial charge in [0, 0.05) is 12.7 Å². The quantitative estimate of drug-likeness (QED) is 0.632.